The van der Waals surface area contributed by atoms with E-state index in [1.54, 1.807) is 13.2 Å². The molecule has 5 heteroatoms. The summed E-state index contributed by atoms with van der Waals surface area (Å²) < 4.78 is 10.9. The second-order valence-corrected chi connectivity index (χ2v) is 4.86. The summed E-state index contributed by atoms with van der Waals surface area (Å²) >= 11 is 5.90. The van der Waals surface area contributed by atoms with Gasteiger partial charge in [-0.1, -0.05) is 29.8 Å². The minimum Gasteiger partial charge on any atom is -0.493 e. The smallest absolute Gasteiger partial charge is 0.217 e. The van der Waals surface area contributed by atoms with Crippen LogP contribution < -0.4 is 9.47 Å². The van der Waals surface area contributed by atoms with E-state index in [0.29, 0.717) is 29.9 Å². The summed E-state index contributed by atoms with van der Waals surface area (Å²) in [4.78, 5) is 8.38. The zero-order valence-electron chi connectivity index (χ0n) is 11.8. The topological polar surface area (TPSA) is 44.2 Å². The average molecular weight is 293 g/mol. The number of halogens is 1. The van der Waals surface area contributed by atoms with E-state index >= 15 is 0 Å². The normalized spacial score (nSPS) is 10.4. The molecule has 106 valence electrons. The Hall–Kier alpha value is -1.81. The summed E-state index contributed by atoms with van der Waals surface area (Å²) in [6, 6.07) is 7.66. The van der Waals surface area contributed by atoms with E-state index in [-0.39, 0.29) is 0 Å². The molecule has 0 aliphatic rings. The molecule has 1 aromatic heterocycles. The lowest BCUT2D eigenvalue weighted by atomic mass is 10.1. The lowest BCUT2D eigenvalue weighted by Gasteiger charge is -2.11. The summed E-state index contributed by atoms with van der Waals surface area (Å²) in [7, 11) is 1.55. The first kappa shape index (κ1) is 14.6. The molecule has 0 radical (unpaired) electrons. The Kier molecular flexibility index (Phi) is 4.79. The molecule has 0 saturated heterocycles. The summed E-state index contributed by atoms with van der Waals surface area (Å²) in [5.74, 6) is 1.99. The molecule has 0 fully saturated rings. The maximum Gasteiger partial charge on any atom is 0.217 e. The minimum atomic E-state index is 0.374. The Morgan fingerprint density at radius 2 is 1.85 bits per heavy atom. The summed E-state index contributed by atoms with van der Waals surface area (Å²) in [6.07, 6.45) is 0.574. The van der Waals surface area contributed by atoms with Crippen LogP contribution in [0.4, 0.5) is 0 Å². The summed E-state index contributed by atoms with van der Waals surface area (Å²) in [6.45, 7) is 4.55. The maximum atomic E-state index is 5.90. The first-order chi connectivity index (χ1) is 9.60. The van der Waals surface area contributed by atoms with Crippen LogP contribution in [0.5, 0.6) is 11.6 Å². The number of benzene rings is 1. The zero-order chi connectivity index (χ0) is 14.5. The van der Waals surface area contributed by atoms with Crippen LogP contribution in [-0.4, -0.2) is 23.7 Å². The van der Waals surface area contributed by atoms with Crippen LogP contribution in [0.3, 0.4) is 0 Å². The van der Waals surface area contributed by atoms with Gasteiger partial charge in [0.15, 0.2) is 0 Å². The number of methoxy groups -OCH3 is 1. The SMILES string of the molecule is COc1cc(Cl)nc(CCOc2c(C)cccc2C)n1. The summed E-state index contributed by atoms with van der Waals surface area (Å²) in [5, 5.41) is 0.374. The van der Waals surface area contributed by atoms with Crippen molar-refractivity contribution in [1.29, 1.82) is 0 Å². The van der Waals surface area contributed by atoms with Gasteiger partial charge in [-0.25, -0.2) is 4.98 Å². The number of hydrogen-bond acceptors (Lipinski definition) is 4. The highest BCUT2D eigenvalue weighted by Crippen LogP contribution is 2.22. The Labute approximate surface area is 123 Å². The third kappa shape index (κ3) is 3.61. The monoisotopic (exact) mass is 292 g/mol. The molecule has 0 amide bonds. The Morgan fingerprint density at radius 1 is 1.15 bits per heavy atom. The van der Waals surface area contributed by atoms with Crippen molar-refractivity contribution in [2.75, 3.05) is 13.7 Å². The van der Waals surface area contributed by atoms with Crippen LogP contribution in [0.15, 0.2) is 24.3 Å². The van der Waals surface area contributed by atoms with E-state index in [2.05, 4.69) is 9.97 Å². The molecular formula is C15H17ClN2O2. The molecular weight excluding hydrogens is 276 g/mol. The molecule has 2 rings (SSSR count). The van der Waals surface area contributed by atoms with Gasteiger partial charge in [-0.2, -0.15) is 4.98 Å². The zero-order valence-corrected chi connectivity index (χ0v) is 12.6. The van der Waals surface area contributed by atoms with E-state index in [4.69, 9.17) is 21.1 Å². The van der Waals surface area contributed by atoms with E-state index in [9.17, 15) is 0 Å². The number of ether oxygens (including phenoxy) is 2. The first-order valence-electron chi connectivity index (χ1n) is 6.36. The minimum absolute atomic E-state index is 0.374. The Morgan fingerprint density at radius 3 is 2.50 bits per heavy atom. The lowest BCUT2D eigenvalue weighted by molar-refractivity contribution is 0.313. The quantitative estimate of drug-likeness (QED) is 0.793. The standard InChI is InChI=1S/C15H17ClN2O2/c1-10-5-4-6-11(2)15(10)20-8-7-13-17-12(16)9-14(18-13)19-3/h4-6,9H,7-8H2,1-3H3. The third-order valence-electron chi connectivity index (χ3n) is 2.91. The van der Waals surface area contributed by atoms with E-state index < -0.39 is 0 Å². The summed E-state index contributed by atoms with van der Waals surface area (Å²) in [5.41, 5.74) is 2.24. The third-order valence-corrected chi connectivity index (χ3v) is 3.10. The molecule has 0 saturated carbocycles. The fraction of sp³-hybridized carbons (Fsp3) is 0.333. The fourth-order valence-electron chi connectivity index (χ4n) is 1.93. The van der Waals surface area contributed by atoms with E-state index in [1.807, 2.05) is 32.0 Å². The number of aromatic nitrogens is 2. The Balaban J connectivity index is 2.01. The van der Waals surface area contributed by atoms with Crippen molar-refractivity contribution in [3.63, 3.8) is 0 Å². The fourth-order valence-corrected chi connectivity index (χ4v) is 2.12. The predicted molar refractivity (Wildman–Crippen MR) is 78.7 cm³/mol. The first-order valence-corrected chi connectivity index (χ1v) is 6.74. The second-order valence-electron chi connectivity index (χ2n) is 4.47. The van der Waals surface area contributed by atoms with Crippen molar-refractivity contribution < 1.29 is 9.47 Å². The van der Waals surface area contributed by atoms with Gasteiger partial charge in [0.1, 0.15) is 16.7 Å². The number of para-hydroxylation sites is 1. The van der Waals surface area contributed by atoms with Gasteiger partial charge in [-0.15, -0.1) is 0 Å². The van der Waals surface area contributed by atoms with Gasteiger partial charge >= 0.3 is 0 Å². The van der Waals surface area contributed by atoms with Gasteiger partial charge in [0, 0.05) is 12.5 Å². The van der Waals surface area contributed by atoms with Gasteiger partial charge in [0.2, 0.25) is 5.88 Å². The van der Waals surface area contributed by atoms with Crippen molar-refractivity contribution in [3.8, 4) is 11.6 Å². The number of nitrogens with zero attached hydrogens (tertiary/aromatic N) is 2. The second kappa shape index (κ2) is 6.57. The molecule has 0 atom stereocenters. The van der Waals surface area contributed by atoms with Crippen LogP contribution in [0, 0.1) is 13.8 Å². The van der Waals surface area contributed by atoms with Gasteiger partial charge in [0.05, 0.1) is 13.7 Å². The van der Waals surface area contributed by atoms with Gasteiger partial charge < -0.3 is 9.47 Å². The van der Waals surface area contributed by atoms with Crippen molar-refractivity contribution in [2.45, 2.75) is 20.3 Å². The molecule has 0 N–H and O–H groups in total. The van der Waals surface area contributed by atoms with Gasteiger partial charge in [-0.05, 0) is 25.0 Å². The van der Waals surface area contributed by atoms with Gasteiger partial charge in [-0.3, -0.25) is 0 Å². The Bertz CT molecular complexity index is 582. The van der Waals surface area contributed by atoms with Crippen LogP contribution in [-0.2, 0) is 6.42 Å². The van der Waals surface area contributed by atoms with Crippen molar-refractivity contribution in [3.05, 3.63) is 46.4 Å². The molecule has 4 nitrogen and oxygen atoms in total. The molecule has 0 spiro atoms. The molecule has 1 heterocycles. The van der Waals surface area contributed by atoms with Crippen molar-refractivity contribution in [2.24, 2.45) is 0 Å². The highest BCUT2D eigenvalue weighted by atomic mass is 35.5. The van der Waals surface area contributed by atoms with Crippen molar-refractivity contribution >= 4 is 11.6 Å². The van der Waals surface area contributed by atoms with Crippen LogP contribution in [0.2, 0.25) is 5.15 Å². The van der Waals surface area contributed by atoms with Crippen molar-refractivity contribution in [1.82, 2.24) is 9.97 Å². The highest BCUT2D eigenvalue weighted by molar-refractivity contribution is 6.29. The van der Waals surface area contributed by atoms with Gasteiger partial charge in [0.25, 0.3) is 0 Å². The van der Waals surface area contributed by atoms with E-state index in [0.717, 1.165) is 16.9 Å². The average Bonchev–Trinajstić information content (AvgIpc) is 2.41. The molecule has 1 aromatic carbocycles. The van der Waals surface area contributed by atoms with E-state index in [1.165, 1.54) is 0 Å². The van der Waals surface area contributed by atoms with Crippen LogP contribution in [0.25, 0.3) is 0 Å². The molecule has 2 aromatic rings. The lowest BCUT2D eigenvalue weighted by Crippen LogP contribution is -2.07. The maximum absolute atomic E-state index is 5.90. The molecule has 0 aliphatic heterocycles. The molecule has 0 unspecified atom stereocenters. The van der Waals surface area contributed by atoms with Crippen LogP contribution in [0.1, 0.15) is 17.0 Å². The number of aryl methyl sites for hydroxylation is 2. The molecule has 0 bridgehead atoms. The molecule has 20 heavy (non-hydrogen) atoms. The predicted octanol–water partition coefficient (Wildman–Crippen LogP) is 3.38. The highest BCUT2D eigenvalue weighted by Gasteiger charge is 2.06. The largest absolute Gasteiger partial charge is 0.493 e. The molecule has 0 aliphatic carbocycles. The number of hydrogen-bond donors (Lipinski definition) is 0. The van der Waals surface area contributed by atoms with Crippen LogP contribution >= 0.6 is 11.6 Å². The number of rotatable bonds is 5.